The van der Waals surface area contributed by atoms with Gasteiger partial charge in [0.15, 0.2) is 0 Å². The van der Waals surface area contributed by atoms with Crippen LogP contribution in [0.1, 0.15) is 40.0 Å². The van der Waals surface area contributed by atoms with E-state index >= 15 is 0 Å². The Morgan fingerprint density at radius 1 is 1.13 bits per heavy atom. The number of nitrogens with one attached hydrogen (secondary N) is 2. The van der Waals surface area contributed by atoms with Gasteiger partial charge < -0.3 is 15.4 Å². The lowest BCUT2D eigenvalue weighted by molar-refractivity contribution is -0.000746. The predicted octanol–water partition coefficient (Wildman–Crippen LogP) is 1.53. The zero-order valence-electron chi connectivity index (χ0n) is 10.4. The van der Waals surface area contributed by atoms with E-state index in [9.17, 15) is 0 Å². The van der Waals surface area contributed by atoms with E-state index in [0.29, 0.717) is 0 Å². The average Bonchev–Trinajstić information content (AvgIpc) is 2.91. The van der Waals surface area contributed by atoms with Gasteiger partial charge in [0.1, 0.15) is 0 Å². The van der Waals surface area contributed by atoms with Gasteiger partial charge in [-0.1, -0.05) is 0 Å². The van der Waals surface area contributed by atoms with Crippen molar-refractivity contribution in [2.24, 2.45) is 0 Å². The van der Waals surface area contributed by atoms with Crippen molar-refractivity contribution in [3.05, 3.63) is 0 Å². The highest BCUT2D eigenvalue weighted by Crippen LogP contribution is 2.18. The summed E-state index contributed by atoms with van der Waals surface area (Å²) in [5.74, 6) is 0. The topological polar surface area (TPSA) is 33.3 Å². The molecule has 0 atom stereocenters. The van der Waals surface area contributed by atoms with Gasteiger partial charge in [-0.05, 0) is 53.1 Å². The second-order valence-corrected chi connectivity index (χ2v) is 5.29. The van der Waals surface area contributed by atoms with Crippen molar-refractivity contribution in [1.82, 2.24) is 10.6 Å². The monoisotopic (exact) mass is 214 g/mol. The first-order valence-corrected chi connectivity index (χ1v) is 6.16. The molecule has 0 spiro atoms. The third-order valence-corrected chi connectivity index (χ3v) is 2.35. The Kier molecular flexibility index (Phi) is 5.58. The number of ether oxygens (including phenoxy) is 1. The molecule has 1 aliphatic rings. The first-order valence-electron chi connectivity index (χ1n) is 6.16. The maximum atomic E-state index is 5.61. The molecule has 0 saturated heterocycles. The summed E-state index contributed by atoms with van der Waals surface area (Å²) in [5.41, 5.74) is -0.00475. The summed E-state index contributed by atoms with van der Waals surface area (Å²) in [7, 11) is 0. The molecule has 0 bridgehead atoms. The van der Waals surface area contributed by atoms with Crippen LogP contribution in [0.25, 0.3) is 0 Å². The Morgan fingerprint density at radius 2 is 1.87 bits per heavy atom. The smallest absolute Gasteiger partial charge is 0.0599 e. The van der Waals surface area contributed by atoms with E-state index in [1.807, 2.05) is 0 Å². The molecule has 0 aliphatic heterocycles. The Bertz CT molecular complexity index is 161. The highest BCUT2D eigenvalue weighted by atomic mass is 16.5. The maximum Gasteiger partial charge on any atom is 0.0599 e. The minimum atomic E-state index is -0.00475. The summed E-state index contributed by atoms with van der Waals surface area (Å²) in [6, 6.07) is 0.842. The van der Waals surface area contributed by atoms with E-state index < -0.39 is 0 Å². The standard InChI is InChI=1S/C12H26N2O/c1-12(2,3)15-10-9-13-7-4-8-14-11-5-6-11/h11,13-14H,4-10H2,1-3H3. The molecule has 1 fully saturated rings. The molecular weight excluding hydrogens is 188 g/mol. The number of rotatable bonds is 8. The van der Waals surface area contributed by atoms with E-state index in [-0.39, 0.29) is 5.60 Å². The van der Waals surface area contributed by atoms with Gasteiger partial charge in [0.2, 0.25) is 0 Å². The second kappa shape index (κ2) is 6.46. The van der Waals surface area contributed by atoms with Crippen LogP contribution in [-0.2, 0) is 4.74 Å². The molecule has 0 unspecified atom stereocenters. The maximum absolute atomic E-state index is 5.61. The fourth-order valence-corrected chi connectivity index (χ4v) is 1.36. The van der Waals surface area contributed by atoms with Crippen LogP contribution in [-0.4, -0.2) is 37.9 Å². The van der Waals surface area contributed by atoms with Crippen molar-refractivity contribution in [3.8, 4) is 0 Å². The minimum Gasteiger partial charge on any atom is -0.375 e. The molecule has 3 heteroatoms. The van der Waals surface area contributed by atoms with E-state index in [4.69, 9.17) is 4.74 Å². The van der Waals surface area contributed by atoms with Gasteiger partial charge in [-0.15, -0.1) is 0 Å². The molecule has 3 nitrogen and oxygen atoms in total. The van der Waals surface area contributed by atoms with E-state index in [0.717, 1.165) is 32.3 Å². The molecule has 1 rings (SSSR count). The first kappa shape index (κ1) is 12.9. The number of hydrogen-bond acceptors (Lipinski definition) is 3. The van der Waals surface area contributed by atoms with Crippen LogP contribution in [0.15, 0.2) is 0 Å². The molecule has 2 N–H and O–H groups in total. The van der Waals surface area contributed by atoms with Crippen LogP contribution in [0.4, 0.5) is 0 Å². The molecule has 0 amide bonds. The molecule has 15 heavy (non-hydrogen) atoms. The van der Waals surface area contributed by atoms with Gasteiger partial charge in [0.05, 0.1) is 12.2 Å². The van der Waals surface area contributed by atoms with Crippen molar-refractivity contribution in [2.45, 2.75) is 51.7 Å². The van der Waals surface area contributed by atoms with E-state index in [2.05, 4.69) is 31.4 Å². The lowest BCUT2D eigenvalue weighted by Crippen LogP contribution is -2.28. The first-order chi connectivity index (χ1) is 7.08. The van der Waals surface area contributed by atoms with E-state index in [1.54, 1.807) is 0 Å². The molecule has 0 heterocycles. The summed E-state index contributed by atoms with van der Waals surface area (Å²) in [4.78, 5) is 0. The molecule has 90 valence electrons. The third kappa shape index (κ3) is 8.85. The second-order valence-electron chi connectivity index (χ2n) is 5.29. The van der Waals surface area contributed by atoms with Gasteiger partial charge >= 0.3 is 0 Å². The van der Waals surface area contributed by atoms with Crippen LogP contribution in [0, 0.1) is 0 Å². The number of hydrogen-bond donors (Lipinski definition) is 2. The normalized spacial score (nSPS) is 17.0. The van der Waals surface area contributed by atoms with Crippen molar-refractivity contribution < 1.29 is 4.74 Å². The van der Waals surface area contributed by atoms with Crippen LogP contribution in [0.5, 0.6) is 0 Å². The van der Waals surface area contributed by atoms with Crippen LogP contribution >= 0.6 is 0 Å². The summed E-state index contributed by atoms with van der Waals surface area (Å²) in [6.45, 7) is 10.3. The fourth-order valence-electron chi connectivity index (χ4n) is 1.36. The lowest BCUT2D eigenvalue weighted by atomic mass is 10.2. The van der Waals surface area contributed by atoms with Crippen LogP contribution < -0.4 is 10.6 Å². The van der Waals surface area contributed by atoms with Gasteiger partial charge in [-0.25, -0.2) is 0 Å². The fraction of sp³-hybridized carbons (Fsp3) is 1.00. The van der Waals surface area contributed by atoms with Gasteiger partial charge in [-0.2, -0.15) is 0 Å². The molecule has 1 aliphatic carbocycles. The van der Waals surface area contributed by atoms with Crippen LogP contribution in [0.3, 0.4) is 0 Å². The zero-order chi connectivity index (χ0) is 11.1. The highest BCUT2D eigenvalue weighted by Gasteiger charge is 2.19. The van der Waals surface area contributed by atoms with Crippen molar-refractivity contribution in [3.63, 3.8) is 0 Å². The summed E-state index contributed by atoms with van der Waals surface area (Å²) in [5, 5.41) is 6.89. The van der Waals surface area contributed by atoms with Crippen molar-refractivity contribution in [2.75, 3.05) is 26.2 Å². The lowest BCUT2D eigenvalue weighted by Gasteiger charge is -2.19. The third-order valence-electron chi connectivity index (χ3n) is 2.35. The molecule has 1 saturated carbocycles. The molecular formula is C12H26N2O. The Balaban J connectivity index is 1.72. The minimum absolute atomic E-state index is 0.00475. The predicted molar refractivity (Wildman–Crippen MR) is 64.2 cm³/mol. The molecule has 0 aromatic heterocycles. The van der Waals surface area contributed by atoms with Gasteiger partial charge in [-0.3, -0.25) is 0 Å². The van der Waals surface area contributed by atoms with Gasteiger partial charge in [0.25, 0.3) is 0 Å². The molecule has 0 aromatic rings. The Labute approximate surface area is 94.0 Å². The molecule has 0 radical (unpaired) electrons. The summed E-state index contributed by atoms with van der Waals surface area (Å²) in [6.07, 6.45) is 3.98. The van der Waals surface area contributed by atoms with Crippen molar-refractivity contribution >= 4 is 0 Å². The summed E-state index contributed by atoms with van der Waals surface area (Å²) < 4.78 is 5.61. The highest BCUT2D eigenvalue weighted by molar-refractivity contribution is 4.80. The largest absolute Gasteiger partial charge is 0.375 e. The van der Waals surface area contributed by atoms with Gasteiger partial charge in [0, 0.05) is 12.6 Å². The quantitative estimate of drug-likeness (QED) is 0.601. The SMILES string of the molecule is CC(C)(C)OCCNCCCNC1CC1. The average molecular weight is 214 g/mol. The Morgan fingerprint density at radius 3 is 2.47 bits per heavy atom. The molecule has 0 aromatic carbocycles. The summed E-state index contributed by atoms with van der Waals surface area (Å²) >= 11 is 0. The zero-order valence-corrected chi connectivity index (χ0v) is 10.4. The Hall–Kier alpha value is -0.120. The van der Waals surface area contributed by atoms with Crippen molar-refractivity contribution in [1.29, 1.82) is 0 Å². The van der Waals surface area contributed by atoms with E-state index in [1.165, 1.54) is 19.3 Å². The van der Waals surface area contributed by atoms with Crippen LogP contribution in [0.2, 0.25) is 0 Å².